The van der Waals surface area contributed by atoms with Gasteiger partial charge in [0.1, 0.15) is 5.75 Å². The highest BCUT2D eigenvalue weighted by molar-refractivity contribution is 5.33. The third-order valence-electron chi connectivity index (χ3n) is 3.39. The molecule has 1 aromatic carbocycles. The molecular weight excluding hydrogens is 222 g/mol. The van der Waals surface area contributed by atoms with Crippen molar-refractivity contribution in [2.24, 2.45) is 5.92 Å². The number of hydrogen-bond donors (Lipinski definition) is 0. The van der Waals surface area contributed by atoms with Crippen molar-refractivity contribution < 1.29 is 4.74 Å². The molecule has 0 radical (unpaired) electrons. The molecule has 0 heterocycles. The molecule has 0 amide bonds. The molecule has 1 aliphatic rings. The number of ether oxygens (including phenoxy) is 1. The zero-order valence-electron chi connectivity index (χ0n) is 11.9. The van der Waals surface area contributed by atoms with Crippen molar-refractivity contribution in [1.29, 1.82) is 0 Å². The average molecular weight is 247 g/mol. The van der Waals surface area contributed by atoms with Gasteiger partial charge in [0, 0.05) is 18.7 Å². The van der Waals surface area contributed by atoms with Gasteiger partial charge >= 0.3 is 0 Å². The van der Waals surface area contributed by atoms with E-state index in [-0.39, 0.29) is 6.10 Å². The van der Waals surface area contributed by atoms with Gasteiger partial charge in [-0.2, -0.15) is 0 Å². The van der Waals surface area contributed by atoms with Gasteiger partial charge in [0.15, 0.2) is 0 Å². The van der Waals surface area contributed by atoms with Crippen LogP contribution in [0.25, 0.3) is 0 Å². The highest BCUT2D eigenvalue weighted by atomic mass is 16.5. The minimum atomic E-state index is 0.240. The van der Waals surface area contributed by atoms with Crippen LogP contribution in [0.2, 0.25) is 0 Å². The molecule has 100 valence electrons. The molecule has 0 saturated heterocycles. The summed E-state index contributed by atoms with van der Waals surface area (Å²) in [6.45, 7) is 9.78. The van der Waals surface area contributed by atoms with Gasteiger partial charge in [-0.05, 0) is 45.2 Å². The molecular formula is C16H25NO. The van der Waals surface area contributed by atoms with Crippen LogP contribution in [0.4, 0.5) is 0 Å². The Labute approximate surface area is 111 Å². The Morgan fingerprint density at radius 3 is 2.61 bits per heavy atom. The van der Waals surface area contributed by atoms with Crippen LogP contribution in [0.5, 0.6) is 5.75 Å². The number of hydrogen-bond acceptors (Lipinski definition) is 2. The first-order valence-corrected chi connectivity index (χ1v) is 7.16. The topological polar surface area (TPSA) is 12.5 Å². The van der Waals surface area contributed by atoms with Crippen LogP contribution in [0, 0.1) is 5.92 Å². The number of nitrogens with zero attached hydrogens (tertiary/aromatic N) is 1. The summed E-state index contributed by atoms with van der Waals surface area (Å²) in [5.41, 5.74) is 1.31. The highest BCUT2D eigenvalue weighted by Crippen LogP contribution is 2.30. The van der Waals surface area contributed by atoms with Crippen LogP contribution in [0.3, 0.4) is 0 Å². The SMILES string of the molecule is CCN(Cc1ccccc1OC(C)C)CC1CC1. The van der Waals surface area contributed by atoms with Crippen LogP contribution in [-0.2, 0) is 6.54 Å². The van der Waals surface area contributed by atoms with Gasteiger partial charge in [-0.1, -0.05) is 25.1 Å². The van der Waals surface area contributed by atoms with Gasteiger partial charge < -0.3 is 4.74 Å². The molecule has 1 fully saturated rings. The Balaban J connectivity index is 2.01. The second-order valence-electron chi connectivity index (χ2n) is 5.55. The highest BCUT2D eigenvalue weighted by Gasteiger charge is 2.24. The van der Waals surface area contributed by atoms with E-state index in [0.29, 0.717) is 0 Å². The predicted molar refractivity (Wildman–Crippen MR) is 75.9 cm³/mol. The lowest BCUT2D eigenvalue weighted by molar-refractivity contribution is 0.227. The van der Waals surface area contributed by atoms with E-state index in [1.807, 2.05) is 0 Å². The maximum absolute atomic E-state index is 5.88. The average Bonchev–Trinajstić information content (AvgIpc) is 3.14. The lowest BCUT2D eigenvalue weighted by atomic mass is 10.1. The first kappa shape index (κ1) is 13.4. The minimum Gasteiger partial charge on any atom is -0.491 e. The molecule has 0 bridgehead atoms. The van der Waals surface area contributed by atoms with E-state index in [4.69, 9.17) is 4.74 Å². The van der Waals surface area contributed by atoms with Crippen molar-refractivity contribution in [2.45, 2.75) is 46.3 Å². The summed E-state index contributed by atoms with van der Waals surface area (Å²) < 4.78 is 5.88. The normalized spacial score (nSPS) is 15.4. The molecule has 1 aromatic rings. The van der Waals surface area contributed by atoms with E-state index in [9.17, 15) is 0 Å². The largest absolute Gasteiger partial charge is 0.491 e. The van der Waals surface area contributed by atoms with Gasteiger partial charge in [-0.15, -0.1) is 0 Å². The fourth-order valence-corrected chi connectivity index (χ4v) is 2.22. The van der Waals surface area contributed by atoms with Crippen LogP contribution in [0.15, 0.2) is 24.3 Å². The fraction of sp³-hybridized carbons (Fsp3) is 0.625. The third-order valence-corrected chi connectivity index (χ3v) is 3.39. The molecule has 0 spiro atoms. The standard InChI is InChI=1S/C16H25NO/c1-4-17(11-14-9-10-14)12-15-7-5-6-8-16(15)18-13(2)3/h5-8,13-14H,4,9-12H2,1-3H3. The summed E-state index contributed by atoms with van der Waals surface area (Å²) in [5.74, 6) is 1.99. The first-order chi connectivity index (χ1) is 8.69. The molecule has 0 atom stereocenters. The Hall–Kier alpha value is -1.02. The summed E-state index contributed by atoms with van der Waals surface area (Å²) in [6.07, 6.45) is 3.08. The Morgan fingerprint density at radius 2 is 2.00 bits per heavy atom. The fourth-order valence-electron chi connectivity index (χ4n) is 2.22. The maximum Gasteiger partial charge on any atom is 0.124 e. The minimum absolute atomic E-state index is 0.240. The van der Waals surface area contributed by atoms with E-state index in [1.165, 1.54) is 24.9 Å². The van der Waals surface area contributed by atoms with Gasteiger partial charge in [0.25, 0.3) is 0 Å². The molecule has 2 rings (SSSR count). The van der Waals surface area contributed by atoms with E-state index >= 15 is 0 Å². The molecule has 0 aliphatic heterocycles. The second kappa shape index (κ2) is 6.24. The lowest BCUT2D eigenvalue weighted by Gasteiger charge is -2.22. The van der Waals surface area contributed by atoms with Crippen LogP contribution < -0.4 is 4.74 Å². The van der Waals surface area contributed by atoms with E-state index in [1.54, 1.807) is 0 Å². The van der Waals surface area contributed by atoms with Crippen molar-refractivity contribution in [1.82, 2.24) is 4.90 Å². The van der Waals surface area contributed by atoms with E-state index < -0.39 is 0 Å². The van der Waals surface area contributed by atoms with Crippen molar-refractivity contribution in [3.8, 4) is 5.75 Å². The molecule has 18 heavy (non-hydrogen) atoms. The van der Waals surface area contributed by atoms with Crippen molar-refractivity contribution in [2.75, 3.05) is 13.1 Å². The van der Waals surface area contributed by atoms with Crippen LogP contribution >= 0.6 is 0 Å². The zero-order valence-corrected chi connectivity index (χ0v) is 11.9. The predicted octanol–water partition coefficient (Wildman–Crippen LogP) is 3.71. The van der Waals surface area contributed by atoms with Crippen molar-refractivity contribution >= 4 is 0 Å². The lowest BCUT2D eigenvalue weighted by Crippen LogP contribution is -2.25. The van der Waals surface area contributed by atoms with Crippen molar-refractivity contribution in [3.63, 3.8) is 0 Å². The molecule has 0 N–H and O–H groups in total. The van der Waals surface area contributed by atoms with Gasteiger partial charge in [0.2, 0.25) is 0 Å². The molecule has 2 heteroatoms. The number of rotatable bonds is 7. The van der Waals surface area contributed by atoms with Gasteiger partial charge in [-0.25, -0.2) is 0 Å². The second-order valence-corrected chi connectivity index (χ2v) is 5.55. The van der Waals surface area contributed by atoms with Crippen LogP contribution in [0.1, 0.15) is 39.2 Å². The van der Waals surface area contributed by atoms with Crippen LogP contribution in [-0.4, -0.2) is 24.1 Å². The smallest absolute Gasteiger partial charge is 0.124 e. The Bertz CT molecular complexity index is 371. The Morgan fingerprint density at radius 1 is 1.28 bits per heavy atom. The zero-order chi connectivity index (χ0) is 13.0. The summed E-state index contributed by atoms with van der Waals surface area (Å²) in [6, 6.07) is 8.43. The molecule has 0 unspecified atom stereocenters. The van der Waals surface area contributed by atoms with Gasteiger partial charge in [-0.3, -0.25) is 4.90 Å². The molecule has 0 aromatic heterocycles. The van der Waals surface area contributed by atoms with Crippen molar-refractivity contribution in [3.05, 3.63) is 29.8 Å². The number of benzene rings is 1. The summed E-state index contributed by atoms with van der Waals surface area (Å²) in [4.78, 5) is 2.53. The Kier molecular flexibility index (Phi) is 4.65. The summed E-state index contributed by atoms with van der Waals surface area (Å²) >= 11 is 0. The number of para-hydroxylation sites is 1. The first-order valence-electron chi connectivity index (χ1n) is 7.16. The van der Waals surface area contributed by atoms with E-state index in [2.05, 4.69) is 49.9 Å². The summed E-state index contributed by atoms with van der Waals surface area (Å²) in [5, 5.41) is 0. The van der Waals surface area contributed by atoms with E-state index in [0.717, 1.165) is 24.8 Å². The summed E-state index contributed by atoms with van der Waals surface area (Å²) in [7, 11) is 0. The molecule has 1 saturated carbocycles. The molecule has 1 aliphatic carbocycles. The maximum atomic E-state index is 5.88. The third kappa shape index (κ3) is 4.02. The molecule has 2 nitrogen and oxygen atoms in total. The quantitative estimate of drug-likeness (QED) is 0.728. The monoisotopic (exact) mass is 247 g/mol. The van der Waals surface area contributed by atoms with Gasteiger partial charge in [0.05, 0.1) is 6.10 Å².